The standard InChI is InChI=1S/C13H20N2O/c14-15-10-8-13(16,9-11-15)7-6-12-4-2-1-3-5-12/h1-5,16H,6-11,14H2. The van der Waals surface area contributed by atoms with Gasteiger partial charge in [0.1, 0.15) is 0 Å². The minimum atomic E-state index is -0.508. The molecule has 0 spiro atoms. The van der Waals surface area contributed by atoms with Crippen LogP contribution in [-0.2, 0) is 6.42 Å². The molecular formula is C13H20N2O. The monoisotopic (exact) mass is 220 g/mol. The fraction of sp³-hybridized carbons (Fsp3) is 0.538. The molecule has 0 saturated carbocycles. The van der Waals surface area contributed by atoms with Gasteiger partial charge in [-0.15, -0.1) is 0 Å². The SMILES string of the molecule is NN1CCC(O)(CCc2ccccc2)CC1. The van der Waals surface area contributed by atoms with E-state index in [-0.39, 0.29) is 0 Å². The highest BCUT2D eigenvalue weighted by molar-refractivity contribution is 5.15. The molecule has 3 heteroatoms. The molecule has 1 aliphatic rings. The van der Waals surface area contributed by atoms with Gasteiger partial charge in [0.15, 0.2) is 0 Å². The molecule has 1 saturated heterocycles. The first-order valence-corrected chi connectivity index (χ1v) is 5.94. The van der Waals surface area contributed by atoms with Crippen molar-refractivity contribution in [1.82, 2.24) is 5.01 Å². The number of hydrazine groups is 1. The molecule has 0 bridgehead atoms. The summed E-state index contributed by atoms with van der Waals surface area (Å²) in [5, 5.41) is 12.2. The number of rotatable bonds is 3. The Morgan fingerprint density at radius 1 is 1.19 bits per heavy atom. The van der Waals surface area contributed by atoms with Crippen LogP contribution in [-0.4, -0.2) is 28.8 Å². The summed E-state index contributed by atoms with van der Waals surface area (Å²) in [5.74, 6) is 5.69. The molecule has 3 nitrogen and oxygen atoms in total. The lowest BCUT2D eigenvalue weighted by Gasteiger charge is -2.36. The van der Waals surface area contributed by atoms with Crippen molar-refractivity contribution in [2.45, 2.75) is 31.3 Å². The van der Waals surface area contributed by atoms with E-state index in [1.807, 2.05) is 18.2 Å². The molecule has 2 rings (SSSR count). The first-order chi connectivity index (χ1) is 7.68. The second-order valence-electron chi connectivity index (χ2n) is 4.75. The Bertz CT molecular complexity index is 318. The van der Waals surface area contributed by atoms with E-state index in [9.17, 15) is 5.11 Å². The van der Waals surface area contributed by atoms with Crippen LogP contribution in [0.1, 0.15) is 24.8 Å². The number of hydrogen-bond acceptors (Lipinski definition) is 3. The molecule has 88 valence electrons. The first-order valence-electron chi connectivity index (χ1n) is 5.94. The predicted octanol–water partition coefficient (Wildman–Crippen LogP) is 1.32. The van der Waals surface area contributed by atoms with Crippen molar-refractivity contribution in [3.8, 4) is 0 Å². The summed E-state index contributed by atoms with van der Waals surface area (Å²) in [7, 11) is 0. The Balaban J connectivity index is 1.85. The Morgan fingerprint density at radius 2 is 1.81 bits per heavy atom. The summed E-state index contributed by atoms with van der Waals surface area (Å²) in [4.78, 5) is 0. The third kappa shape index (κ3) is 3.04. The molecule has 1 heterocycles. The van der Waals surface area contributed by atoms with Crippen molar-refractivity contribution in [2.75, 3.05) is 13.1 Å². The summed E-state index contributed by atoms with van der Waals surface area (Å²) >= 11 is 0. The number of benzene rings is 1. The lowest BCUT2D eigenvalue weighted by Crippen LogP contribution is -2.47. The van der Waals surface area contributed by atoms with E-state index in [2.05, 4.69) is 12.1 Å². The maximum absolute atomic E-state index is 10.4. The Morgan fingerprint density at radius 3 is 2.44 bits per heavy atom. The summed E-state index contributed by atoms with van der Waals surface area (Å²) in [6.45, 7) is 1.59. The zero-order valence-electron chi connectivity index (χ0n) is 9.60. The highest BCUT2D eigenvalue weighted by Gasteiger charge is 2.30. The molecule has 1 aliphatic heterocycles. The van der Waals surface area contributed by atoms with Gasteiger partial charge in [-0.2, -0.15) is 0 Å². The van der Waals surface area contributed by atoms with E-state index in [4.69, 9.17) is 5.84 Å². The normalized spacial score (nSPS) is 20.9. The maximum Gasteiger partial charge on any atom is 0.0676 e. The van der Waals surface area contributed by atoms with Crippen molar-refractivity contribution in [2.24, 2.45) is 5.84 Å². The van der Waals surface area contributed by atoms with Gasteiger partial charge < -0.3 is 5.11 Å². The van der Waals surface area contributed by atoms with Crippen LogP contribution in [0.2, 0.25) is 0 Å². The van der Waals surface area contributed by atoms with Crippen LogP contribution in [0.15, 0.2) is 30.3 Å². The average Bonchev–Trinajstić information content (AvgIpc) is 2.33. The van der Waals surface area contributed by atoms with Crippen molar-refractivity contribution >= 4 is 0 Å². The molecule has 3 N–H and O–H groups in total. The van der Waals surface area contributed by atoms with Crippen molar-refractivity contribution in [3.63, 3.8) is 0 Å². The molecule has 16 heavy (non-hydrogen) atoms. The van der Waals surface area contributed by atoms with Gasteiger partial charge in [0, 0.05) is 13.1 Å². The zero-order chi connectivity index (χ0) is 11.4. The van der Waals surface area contributed by atoms with Crippen LogP contribution < -0.4 is 5.84 Å². The highest BCUT2D eigenvalue weighted by Crippen LogP contribution is 2.25. The van der Waals surface area contributed by atoms with Gasteiger partial charge in [-0.25, -0.2) is 5.01 Å². The van der Waals surface area contributed by atoms with Gasteiger partial charge in [-0.3, -0.25) is 5.84 Å². The summed E-state index contributed by atoms with van der Waals surface area (Å²) < 4.78 is 0. The smallest absolute Gasteiger partial charge is 0.0676 e. The molecule has 1 aromatic carbocycles. The van der Waals surface area contributed by atoms with Crippen LogP contribution in [0.3, 0.4) is 0 Å². The van der Waals surface area contributed by atoms with Crippen LogP contribution in [0.25, 0.3) is 0 Å². The van der Waals surface area contributed by atoms with Gasteiger partial charge in [-0.1, -0.05) is 30.3 Å². The molecule has 0 amide bonds. The fourth-order valence-corrected chi connectivity index (χ4v) is 2.21. The summed E-state index contributed by atoms with van der Waals surface area (Å²) in [6, 6.07) is 10.3. The predicted molar refractivity (Wildman–Crippen MR) is 64.7 cm³/mol. The van der Waals surface area contributed by atoms with Crippen LogP contribution in [0, 0.1) is 0 Å². The summed E-state index contributed by atoms with van der Waals surface area (Å²) in [5.41, 5.74) is 0.789. The third-order valence-corrected chi connectivity index (χ3v) is 3.45. The highest BCUT2D eigenvalue weighted by atomic mass is 16.3. The van der Waals surface area contributed by atoms with E-state index >= 15 is 0 Å². The Hall–Kier alpha value is -0.900. The average molecular weight is 220 g/mol. The Labute approximate surface area is 96.8 Å². The number of aliphatic hydroxyl groups is 1. The number of nitrogens with zero attached hydrogens (tertiary/aromatic N) is 1. The van der Waals surface area contributed by atoms with Crippen LogP contribution in [0.4, 0.5) is 0 Å². The van der Waals surface area contributed by atoms with Crippen molar-refractivity contribution < 1.29 is 5.11 Å². The van der Waals surface area contributed by atoms with E-state index in [1.165, 1.54) is 5.56 Å². The molecule has 1 aromatic rings. The maximum atomic E-state index is 10.4. The lowest BCUT2D eigenvalue weighted by atomic mass is 9.86. The molecular weight excluding hydrogens is 200 g/mol. The van der Waals surface area contributed by atoms with Gasteiger partial charge in [0.25, 0.3) is 0 Å². The topological polar surface area (TPSA) is 49.5 Å². The van der Waals surface area contributed by atoms with Crippen LogP contribution >= 0.6 is 0 Å². The van der Waals surface area contributed by atoms with Gasteiger partial charge in [0.05, 0.1) is 5.60 Å². The second-order valence-corrected chi connectivity index (χ2v) is 4.75. The molecule has 0 atom stereocenters. The van der Waals surface area contributed by atoms with Crippen molar-refractivity contribution in [1.29, 1.82) is 0 Å². The first kappa shape index (κ1) is 11.6. The zero-order valence-corrected chi connectivity index (χ0v) is 9.60. The quantitative estimate of drug-likeness (QED) is 0.755. The number of aryl methyl sites for hydroxylation is 1. The second kappa shape index (κ2) is 4.95. The van der Waals surface area contributed by atoms with Gasteiger partial charge in [-0.05, 0) is 31.2 Å². The van der Waals surface area contributed by atoms with Gasteiger partial charge >= 0.3 is 0 Å². The molecule has 0 aromatic heterocycles. The lowest BCUT2D eigenvalue weighted by molar-refractivity contribution is -0.0275. The third-order valence-electron chi connectivity index (χ3n) is 3.45. The largest absolute Gasteiger partial charge is 0.390 e. The van der Waals surface area contributed by atoms with E-state index in [0.29, 0.717) is 0 Å². The van der Waals surface area contributed by atoms with E-state index in [1.54, 1.807) is 5.01 Å². The molecule has 0 unspecified atom stereocenters. The molecule has 1 fully saturated rings. The molecule has 0 radical (unpaired) electrons. The van der Waals surface area contributed by atoms with E-state index < -0.39 is 5.60 Å². The van der Waals surface area contributed by atoms with Gasteiger partial charge in [0.2, 0.25) is 0 Å². The minimum absolute atomic E-state index is 0.508. The fourth-order valence-electron chi connectivity index (χ4n) is 2.21. The number of nitrogens with two attached hydrogens (primary N) is 1. The number of hydrogen-bond donors (Lipinski definition) is 2. The van der Waals surface area contributed by atoms with E-state index in [0.717, 1.165) is 38.8 Å². The summed E-state index contributed by atoms with van der Waals surface area (Å²) in [6.07, 6.45) is 3.36. The number of piperidine rings is 1. The van der Waals surface area contributed by atoms with Crippen molar-refractivity contribution in [3.05, 3.63) is 35.9 Å². The van der Waals surface area contributed by atoms with Crippen LogP contribution in [0.5, 0.6) is 0 Å². The Kier molecular flexibility index (Phi) is 3.59. The minimum Gasteiger partial charge on any atom is -0.390 e. The molecule has 0 aliphatic carbocycles.